The molecule has 0 bridgehead atoms. The van der Waals surface area contributed by atoms with E-state index < -0.39 is 11.4 Å². The number of hydrogen-bond donors (Lipinski definition) is 1. The fraction of sp³-hybridized carbons (Fsp3) is 0.500. The first kappa shape index (κ1) is 16.0. The zero-order valence-corrected chi connectivity index (χ0v) is 13.9. The number of carboxylic acid groups (broad SMARTS) is 1. The minimum Gasteiger partial charge on any atom is -0.481 e. The highest BCUT2D eigenvalue weighted by molar-refractivity contribution is 9.10. The van der Waals surface area contributed by atoms with E-state index in [-0.39, 0.29) is 18.4 Å². The maximum atomic E-state index is 12.9. The Morgan fingerprint density at radius 3 is 2.76 bits per heavy atom. The number of halogens is 1. The van der Waals surface area contributed by atoms with Crippen LogP contribution in [0.3, 0.4) is 0 Å². The van der Waals surface area contributed by atoms with Crippen molar-refractivity contribution in [3.05, 3.63) is 34.3 Å². The van der Waals surface area contributed by atoms with Crippen molar-refractivity contribution in [1.29, 1.82) is 0 Å². The molecule has 1 aromatic rings. The van der Waals surface area contributed by atoms with Gasteiger partial charge in [-0.05, 0) is 44.4 Å². The molecule has 1 saturated heterocycles. The highest BCUT2D eigenvalue weighted by Gasteiger charge is 2.39. The van der Waals surface area contributed by atoms with Crippen LogP contribution in [-0.2, 0) is 15.0 Å². The number of aliphatic carboxylic acids is 1. The van der Waals surface area contributed by atoms with Crippen LogP contribution in [0.15, 0.2) is 28.7 Å². The Morgan fingerprint density at radius 2 is 2.14 bits per heavy atom. The van der Waals surface area contributed by atoms with Gasteiger partial charge in [0.25, 0.3) is 0 Å². The molecule has 1 unspecified atom stereocenters. The van der Waals surface area contributed by atoms with Gasteiger partial charge in [0.05, 0.1) is 11.8 Å². The summed E-state index contributed by atoms with van der Waals surface area (Å²) < 4.78 is 0.935. The lowest BCUT2D eigenvalue weighted by Gasteiger charge is -2.33. The van der Waals surface area contributed by atoms with E-state index >= 15 is 0 Å². The number of benzene rings is 1. The van der Waals surface area contributed by atoms with Crippen molar-refractivity contribution < 1.29 is 14.7 Å². The number of carbonyl (C=O) groups is 2. The fourth-order valence-electron chi connectivity index (χ4n) is 2.88. The SMILES string of the molecule is CC(C)(C(=O)N1CCCC1CC(=O)O)c1cccc(Br)c1. The Balaban J connectivity index is 2.23. The molecular weight excluding hydrogens is 334 g/mol. The highest BCUT2D eigenvalue weighted by atomic mass is 79.9. The van der Waals surface area contributed by atoms with E-state index in [2.05, 4.69) is 15.9 Å². The van der Waals surface area contributed by atoms with Crippen molar-refractivity contribution >= 4 is 27.8 Å². The van der Waals surface area contributed by atoms with Gasteiger partial charge in [-0.25, -0.2) is 0 Å². The molecule has 1 heterocycles. The molecule has 0 aliphatic carbocycles. The van der Waals surface area contributed by atoms with Crippen molar-refractivity contribution in [3.8, 4) is 0 Å². The Kier molecular flexibility index (Phi) is 4.71. The van der Waals surface area contributed by atoms with Gasteiger partial charge in [0.1, 0.15) is 0 Å². The predicted molar refractivity (Wildman–Crippen MR) is 84.2 cm³/mol. The summed E-state index contributed by atoms with van der Waals surface area (Å²) in [5.41, 5.74) is 0.271. The zero-order valence-electron chi connectivity index (χ0n) is 12.3. The quantitative estimate of drug-likeness (QED) is 0.904. The molecule has 5 heteroatoms. The van der Waals surface area contributed by atoms with Gasteiger partial charge in [0.2, 0.25) is 5.91 Å². The van der Waals surface area contributed by atoms with Crippen LogP contribution in [-0.4, -0.2) is 34.5 Å². The summed E-state index contributed by atoms with van der Waals surface area (Å²) in [6.45, 7) is 4.44. The van der Waals surface area contributed by atoms with Crippen LogP contribution in [0.4, 0.5) is 0 Å². The van der Waals surface area contributed by atoms with Gasteiger partial charge >= 0.3 is 5.97 Å². The van der Waals surface area contributed by atoms with E-state index in [1.807, 2.05) is 38.1 Å². The average Bonchev–Trinajstić information content (AvgIpc) is 2.85. The van der Waals surface area contributed by atoms with Gasteiger partial charge in [0, 0.05) is 17.1 Å². The molecule has 0 spiro atoms. The van der Waals surface area contributed by atoms with E-state index in [1.165, 1.54) is 0 Å². The second-order valence-corrected chi connectivity index (χ2v) is 6.94. The molecular formula is C16H20BrNO3. The van der Waals surface area contributed by atoms with Gasteiger partial charge in [-0.2, -0.15) is 0 Å². The monoisotopic (exact) mass is 353 g/mol. The standard InChI is InChI=1S/C16H20BrNO3/c1-16(2,11-5-3-6-12(17)9-11)15(21)18-8-4-7-13(18)10-14(19)20/h3,5-6,9,13H,4,7-8,10H2,1-2H3,(H,19,20). The van der Waals surface area contributed by atoms with Crippen LogP contribution in [0.25, 0.3) is 0 Å². The number of carbonyl (C=O) groups excluding carboxylic acids is 1. The summed E-state index contributed by atoms with van der Waals surface area (Å²) in [6.07, 6.45) is 1.67. The van der Waals surface area contributed by atoms with Crippen molar-refractivity contribution in [1.82, 2.24) is 4.90 Å². The number of rotatable bonds is 4. The molecule has 1 aromatic carbocycles. The zero-order chi connectivity index (χ0) is 15.6. The largest absolute Gasteiger partial charge is 0.481 e. The summed E-state index contributed by atoms with van der Waals surface area (Å²) in [5.74, 6) is -0.843. The highest BCUT2D eigenvalue weighted by Crippen LogP contribution is 2.31. The van der Waals surface area contributed by atoms with E-state index in [0.717, 1.165) is 22.9 Å². The second kappa shape index (κ2) is 6.18. The number of nitrogens with zero attached hydrogens (tertiary/aromatic N) is 1. The third kappa shape index (κ3) is 3.46. The molecule has 21 heavy (non-hydrogen) atoms. The van der Waals surface area contributed by atoms with Crippen LogP contribution in [0.1, 0.15) is 38.7 Å². The lowest BCUT2D eigenvalue weighted by molar-refractivity contribution is -0.141. The third-order valence-electron chi connectivity index (χ3n) is 4.13. The molecule has 1 aliphatic heterocycles. The first-order valence-electron chi connectivity index (χ1n) is 7.11. The molecule has 4 nitrogen and oxygen atoms in total. The summed E-state index contributed by atoms with van der Waals surface area (Å²) >= 11 is 3.43. The smallest absolute Gasteiger partial charge is 0.305 e. The molecule has 114 valence electrons. The van der Waals surface area contributed by atoms with Crippen LogP contribution < -0.4 is 0 Å². The number of carboxylic acids is 1. The van der Waals surface area contributed by atoms with Gasteiger partial charge in [-0.1, -0.05) is 28.1 Å². The molecule has 1 aliphatic rings. The topological polar surface area (TPSA) is 57.6 Å². The molecule has 1 amide bonds. The average molecular weight is 354 g/mol. The lowest BCUT2D eigenvalue weighted by Crippen LogP contribution is -2.46. The number of hydrogen-bond acceptors (Lipinski definition) is 2. The molecule has 1 N–H and O–H groups in total. The Morgan fingerprint density at radius 1 is 1.43 bits per heavy atom. The van der Waals surface area contributed by atoms with Crippen molar-refractivity contribution in [3.63, 3.8) is 0 Å². The summed E-state index contributed by atoms with van der Waals surface area (Å²) in [5, 5.41) is 8.99. The van der Waals surface area contributed by atoms with Crippen LogP contribution in [0, 0.1) is 0 Å². The first-order valence-corrected chi connectivity index (χ1v) is 7.90. The van der Waals surface area contributed by atoms with E-state index in [4.69, 9.17) is 5.11 Å². The number of amides is 1. The Bertz CT molecular complexity index is 556. The molecule has 0 saturated carbocycles. The normalized spacial score (nSPS) is 18.8. The summed E-state index contributed by atoms with van der Waals surface area (Å²) in [4.78, 5) is 25.6. The predicted octanol–water partition coefficient (Wildman–Crippen LogP) is 3.19. The molecule has 1 atom stereocenters. The van der Waals surface area contributed by atoms with Crippen molar-refractivity contribution in [2.75, 3.05) is 6.54 Å². The van der Waals surface area contributed by atoms with Crippen LogP contribution >= 0.6 is 15.9 Å². The minimum absolute atomic E-state index is 0.00403. The van der Waals surface area contributed by atoms with E-state index in [1.54, 1.807) is 4.90 Å². The van der Waals surface area contributed by atoms with E-state index in [9.17, 15) is 9.59 Å². The summed E-state index contributed by atoms with van der Waals surface area (Å²) in [7, 11) is 0. The molecule has 0 aromatic heterocycles. The van der Waals surface area contributed by atoms with Gasteiger partial charge in [-0.3, -0.25) is 9.59 Å². The van der Waals surface area contributed by atoms with Gasteiger partial charge in [0.15, 0.2) is 0 Å². The summed E-state index contributed by atoms with van der Waals surface area (Å²) in [6, 6.07) is 7.53. The Hall–Kier alpha value is -1.36. The maximum absolute atomic E-state index is 12.9. The molecule has 2 rings (SSSR count). The van der Waals surface area contributed by atoms with E-state index in [0.29, 0.717) is 6.54 Å². The van der Waals surface area contributed by atoms with Crippen LogP contribution in [0.5, 0.6) is 0 Å². The number of likely N-dealkylation sites (tertiary alicyclic amines) is 1. The first-order chi connectivity index (χ1) is 9.82. The van der Waals surface area contributed by atoms with Gasteiger partial charge in [-0.15, -0.1) is 0 Å². The lowest BCUT2D eigenvalue weighted by atomic mass is 9.83. The molecule has 0 radical (unpaired) electrons. The second-order valence-electron chi connectivity index (χ2n) is 6.03. The maximum Gasteiger partial charge on any atom is 0.305 e. The third-order valence-corrected chi connectivity index (χ3v) is 4.62. The van der Waals surface area contributed by atoms with Crippen molar-refractivity contribution in [2.24, 2.45) is 0 Å². The van der Waals surface area contributed by atoms with Gasteiger partial charge < -0.3 is 10.0 Å². The molecule has 1 fully saturated rings. The van der Waals surface area contributed by atoms with Crippen molar-refractivity contribution in [2.45, 2.75) is 44.6 Å². The fourth-order valence-corrected chi connectivity index (χ4v) is 3.28. The Labute approximate surface area is 133 Å². The van der Waals surface area contributed by atoms with Crippen LogP contribution in [0.2, 0.25) is 0 Å². The minimum atomic E-state index is -0.847.